The first-order valence-corrected chi connectivity index (χ1v) is 5.94. The summed E-state index contributed by atoms with van der Waals surface area (Å²) < 4.78 is 0. The molecule has 0 fully saturated rings. The zero-order valence-corrected chi connectivity index (χ0v) is 10.8. The normalized spacial score (nSPS) is 15.1. The molecule has 0 saturated heterocycles. The predicted molar refractivity (Wildman–Crippen MR) is 70.0 cm³/mol. The predicted octanol–water partition coefficient (Wildman–Crippen LogP) is 1.99. The third-order valence-corrected chi connectivity index (χ3v) is 2.83. The van der Waals surface area contributed by atoms with E-state index in [1.165, 1.54) is 11.0 Å². The van der Waals surface area contributed by atoms with Crippen LogP contribution in [0.5, 0.6) is 0 Å². The van der Waals surface area contributed by atoms with Crippen molar-refractivity contribution in [1.29, 1.82) is 0 Å². The van der Waals surface area contributed by atoms with Crippen molar-refractivity contribution in [3.05, 3.63) is 41.1 Å². The third kappa shape index (κ3) is 2.27. The summed E-state index contributed by atoms with van der Waals surface area (Å²) in [5.41, 5.74) is 3.40. The van der Waals surface area contributed by atoms with Gasteiger partial charge in [-0.25, -0.2) is 0 Å². The van der Waals surface area contributed by atoms with Crippen molar-refractivity contribution >= 4 is 17.5 Å². The lowest BCUT2D eigenvalue weighted by molar-refractivity contribution is -0.136. The molecule has 1 N–H and O–H groups in total. The Kier molecular flexibility index (Phi) is 3.19. The number of anilines is 1. The number of amides is 2. The lowest BCUT2D eigenvalue weighted by Crippen LogP contribution is -2.31. The third-order valence-electron chi connectivity index (χ3n) is 2.83. The average Bonchev–Trinajstić information content (AvgIpc) is 2.52. The first-order chi connectivity index (χ1) is 8.51. The first-order valence-electron chi connectivity index (χ1n) is 5.94. The molecule has 0 radical (unpaired) electrons. The molecule has 18 heavy (non-hydrogen) atoms. The zero-order valence-electron chi connectivity index (χ0n) is 10.8. The number of imide groups is 1. The molecule has 1 aliphatic heterocycles. The van der Waals surface area contributed by atoms with Crippen LogP contribution in [0.15, 0.2) is 30.0 Å². The molecule has 4 nitrogen and oxygen atoms in total. The van der Waals surface area contributed by atoms with Gasteiger partial charge in [0.15, 0.2) is 0 Å². The summed E-state index contributed by atoms with van der Waals surface area (Å²) in [7, 11) is 0. The lowest BCUT2D eigenvalue weighted by atomic mass is 10.1. The molecule has 0 saturated carbocycles. The number of benzene rings is 1. The molecule has 0 atom stereocenters. The molecule has 1 heterocycles. The number of carbonyl (C=O) groups is 2. The van der Waals surface area contributed by atoms with Crippen molar-refractivity contribution < 1.29 is 9.59 Å². The highest BCUT2D eigenvalue weighted by atomic mass is 16.2. The van der Waals surface area contributed by atoms with Gasteiger partial charge in [0, 0.05) is 18.3 Å². The van der Waals surface area contributed by atoms with Gasteiger partial charge in [-0.2, -0.15) is 0 Å². The number of aryl methyl sites for hydroxylation is 2. The summed E-state index contributed by atoms with van der Waals surface area (Å²) >= 11 is 0. The van der Waals surface area contributed by atoms with Crippen LogP contribution < -0.4 is 5.32 Å². The van der Waals surface area contributed by atoms with Gasteiger partial charge in [-0.15, -0.1) is 0 Å². The van der Waals surface area contributed by atoms with Crippen LogP contribution in [0.25, 0.3) is 0 Å². The Morgan fingerprint density at radius 1 is 1.11 bits per heavy atom. The fourth-order valence-corrected chi connectivity index (χ4v) is 2.10. The molecule has 0 aromatic heterocycles. The van der Waals surface area contributed by atoms with Crippen LogP contribution in [0.2, 0.25) is 0 Å². The second-order valence-corrected chi connectivity index (χ2v) is 4.45. The molecule has 2 amide bonds. The van der Waals surface area contributed by atoms with Gasteiger partial charge in [-0.3, -0.25) is 14.5 Å². The molecule has 0 spiro atoms. The van der Waals surface area contributed by atoms with Crippen LogP contribution in [0.4, 0.5) is 5.69 Å². The van der Waals surface area contributed by atoms with Gasteiger partial charge in [0.25, 0.3) is 11.8 Å². The van der Waals surface area contributed by atoms with E-state index >= 15 is 0 Å². The summed E-state index contributed by atoms with van der Waals surface area (Å²) in [4.78, 5) is 24.6. The van der Waals surface area contributed by atoms with E-state index in [9.17, 15) is 9.59 Å². The van der Waals surface area contributed by atoms with Crippen molar-refractivity contribution in [1.82, 2.24) is 4.90 Å². The van der Waals surface area contributed by atoms with Crippen LogP contribution in [0, 0.1) is 13.8 Å². The summed E-state index contributed by atoms with van der Waals surface area (Å²) in [5, 5.41) is 3.02. The molecule has 1 aromatic rings. The minimum atomic E-state index is -0.262. The van der Waals surface area contributed by atoms with Gasteiger partial charge >= 0.3 is 0 Å². The SMILES string of the molecule is CCN1C(=O)C=C(Nc2cc(C)cc(C)c2)C1=O. The van der Waals surface area contributed by atoms with Gasteiger partial charge in [0.1, 0.15) is 5.70 Å². The topological polar surface area (TPSA) is 49.4 Å². The Hall–Kier alpha value is -2.10. The van der Waals surface area contributed by atoms with E-state index < -0.39 is 0 Å². The van der Waals surface area contributed by atoms with Gasteiger partial charge in [0.2, 0.25) is 0 Å². The van der Waals surface area contributed by atoms with Gasteiger partial charge in [-0.05, 0) is 44.0 Å². The Balaban J connectivity index is 2.22. The highest BCUT2D eigenvalue weighted by Crippen LogP contribution is 2.19. The van der Waals surface area contributed by atoms with E-state index in [2.05, 4.69) is 11.4 Å². The minimum absolute atomic E-state index is 0.255. The van der Waals surface area contributed by atoms with Crippen LogP contribution in [0.1, 0.15) is 18.1 Å². The fourth-order valence-electron chi connectivity index (χ4n) is 2.10. The van der Waals surface area contributed by atoms with Crippen LogP contribution >= 0.6 is 0 Å². The Morgan fingerprint density at radius 3 is 2.22 bits per heavy atom. The summed E-state index contributed by atoms with van der Waals surface area (Å²) in [6.07, 6.45) is 1.35. The quantitative estimate of drug-likeness (QED) is 0.827. The van der Waals surface area contributed by atoms with Crippen molar-refractivity contribution in [3.8, 4) is 0 Å². The highest BCUT2D eigenvalue weighted by molar-refractivity contribution is 6.17. The maximum atomic E-state index is 11.9. The Labute approximate surface area is 106 Å². The van der Waals surface area contributed by atoms with Crippen LogP contribution in [-0.4, -0.2) is 23.3 Å². The highest BCUT2D eigenvalue weighted by Gasteiger charge is 2.29. The van der Waals surface area contributed by atoms with Crippen LogP contribution in [0.3, 0.4) is 0 Å². The number of hydrogen-bond donors (Lipinski definition) is 1. The van der Waals surface area contributed by atoms with E-state index in [1.807, 2.05) is 26.0 Å². The van der Waals surface area contributed by atoms with Gasteiger partial charge < -0.3 is 5.32 Å². The molecular formula is C14H16N2O2. The maximum Gasteiger partial charge on any atom is 0.277 e. The monoisotopic (exact) mass is 244 g/mol. The number of carbonyl (C=O) groups excluding carboxylic acids is 2. The van der Waals surface area contributed by atoms with E-state index in [0.717, 1.165) is 16.8 Å². The standard InChI is InChI=1S/C14H16N2O2/c1-4-16-13(17)8-12(14(16)18)15-11-6-9(2)5-10(3)7-11/h5-8,15H,4H2,1-3H3. The number of nitrogens with zero attached hydrogens (tertiary/aromatic N) is 1. The number of hydrogen-bond acceptors (Lipinski definition) is 3. The maximum absolute atomic E-state index is 11.9. The molecule has 1 aliphatic rings. The van der Waals surface area contributed by atoms with Crippen molar-refractivity contribution in [2.75, 3.05) is 11.9 Å². The number of likely N-dealkylation sites (N-methyl/N-ethyl adjacent to an activating group) is 1. The average molecular weight is 244 g/mol. The number of rotatable bonds is 3. The van der Waals surface area contributed by atoms with Crippen molar-refractivity contribution in [2.24, 2.45) is 0 Å². The summed E-state index contributed by atoms with van der Waals surface area (Å²) in [5.74, 6) is -0.518. The molecule has 0 bridgehead atoms. The summed E-state index contributed by atoms with van der Waals surface area (Å²) in [6.45, 7) is 6.16. The Bertz CT molecular complexity index is 526. The number of nitrogens with one attached hydrogen (secondary N) is 1. The van der Waals surface area contributed by atoms with E-state index in [4.69, 9.17) is 0 Å². The zero-order chi connectivity index (χ0) is 13.3. The van der Waals surface area contributed by atoms with Crippen molar-refractivity contribution in [3.63, 3.8) is 0 Å². The molecule has 94 valence electrons. The first kappa shape index (κ1) is 12.4. The molecule has 2 rings (SSSR count). The van der Waals surface area contributed by atoms with E-state index in [-0.39, 0.29) is 11.8 Å². The molecule has 0 aliphatic carbocycles. The lowest BCUT2D eigenvalue weighted by Gasteiger charge is -2.12. The van der Waals surface area contributed by atoms with Crippen molar-refractivity contribution in [2.45, 2.75) is 20.8 Å². The van der Waals surface area contributed by atoms with Gasteiger partial charge in [-0.1, -0.05) is 6.07 Å². The second-order valence-electron chi connectivity index (χ2n) is 4.45. The Morgan fingerprint density at radius 2 is 1.72 bits per heavy atom. The minimum Gasteiger partial charge on any atom is -0.351 e. The largest absolute Gasteiger partial charge is 0.351 e. The molecule has 1 aromatic carbocycles. The van der Waals surface area contributed by atoms with Crippen LogP contribution in [-0.2, 0) is 9.59 Å². The summed E-state index contributed by atoms with van der Waals surface area (Å²) in [6, 6.07) is 5.94. The van der Waals surface area contributed by atoms with E-state index in [1.54, 1.807) is 6.92 Å². The van der Waals surface area contributed by atoms with Gasteiger partial charge in [0.05, 0.1) is 0 Å². The van der Waals surface area contributed by atoms with E-state index in [0.29, 0.717) is 12.2 Å². The second kappa shape index (κ2) is 4.64. The smallest absolute Gasteiger partial charge is 0.277 e. The molecular weight excluding hydrogens is 228 g/mol. The fraction of sp³-hybridized carbons (Fsp3) is 0.286. The molecule has 0 unspecified atom stereocenters. The molecule has 4 heteroatoms.